The van der Waals surface area contributed by atoms with Crippen LogP contribution in [0.5, 0.6) is 0 Å². The Morgan fingerprint density at radius 1 is 1.26 bits per heavy atom. The van der Waals surface area contributed by atoms with E-state index in [1.807, 2.05) is 0 Å². The van der Waals surface area contributed by atoms with E-state index in [1.54, 1.807) is 7.11 Å². The molecule has 0 aliphatic carbocycles. The zero-order valence-electron chi connectivity index (χ0n) is 15.8. The molecule has 2 aliphatic heterocycles. The van der Waals surface area contributed by atoms with Gasteiger partial charge < -0.3 is 14.7 Å². The van der Waals surface area contributed by atoms with E-state index < -0.39 is 23.1 Å². The standard InChI is InChI=1S/C20H28F2N2O3/c1-27-13-15-6-10-23(11-7-15)14-20(26)8-3-9-24(19(20)25)12-16-4-2-5-17(21)18(16)22/h2,4-5,15,26H,3,6-14H2,1H3. The van der Waals surface area contributed by atoms with Gasteiger partial charge in [-0.3, -0.25) is 9.69 Å². The molecule has 1 N–H and O–H groups in total. The number of nitrogens with zero attached hydrogens (tertiary/aromatic N) is 2. The summed E-state index contributed by atoms with van der Waals surface area (Å²) in [6, 6.07) is 3.96. The van der Waals surface area contributed by atoms with Gasteiger partial charge in [0, 0.05) is 38.9 Å². The molecule has 27 heavy (non-hydrogen) atoms. The molecule has 2 saturated heterocycles. The summed E-state index contributed by atoms with van der Waals surface area (Å²) in [6.07, 6.45) is 3.00. The summed E-state index contributed by atoms with van der Waals surface area (Å²) in [5.41, 5.74) is -1.33. The van der Waals surface area contributed by atoms with E-state index in [0.29, 0.717) is 25.3 Å². The third kappa shape index (κ3) is 4.65. The van der Waals surface area contributed by atoms with Crippen LogP contribution in [0.4, 0.5) is 8.78 Å². The topological polar surface area (TPSA) is 53.0 Å². The van der Waals surface area contributed by atoms with Crippen molar-refractivity contribution in [2.75, 3.05) is 39.9 Å². The van der Waals surface area contributed by atoms with E-state index in [-0.39, 0.29) is 18.7 Å². The van der Waals surface area contributed by atoms with Crippen molar-refractivity contribution in [2.45, 2.75) is 37.8 Å². The highest BCUT2D eigenvalue weighted by Gasteiger charge is 2.43. The van der Waals surface area contributed by atoms with Gasteiger partial charge in [0.2, 0.25) is 0 Å². The number of ether oxygens (including phenoxy) is 1. The third-order valence-electron chi connectivity index (χ3n) is 5.69. The van der Waals surface area contributed by atoms with E-state index in [4.69, 9.17) is 4.74 Å². The van der Waals surface area contributed by atoms with Gasteiger partial charge in [-0.2, -0.15) is 0 Å². The number of β-amino-alcohol motifs (C(OH)–C–C–N with tert-alkyl or cyclic N) is 1. The van der Waals surface area contributed by atoms with E-state index in [9.17, 15) is 18.7 Å². The van der Waals surface area contributed by atoms with Crippen molar-refractivity contribution in [1.29, 1.82) is 0 Å². The predicted octanol–water partition coefficient (Wildman–Crippen LogP) is 2.18. The number of benzene rings is 1. The SMILES string of the molecule is COCC1CCN(CC2(O)CCCN(Cc3cccc(F)c3F)C2=O)CC1. The first-order valence-corrected chi connectivity index (χ1v) is 9.59. The molecule has 1 amide bonds. The number of methoxy groups -OCH3 is 1. The Morgan fingerprint density at radius 2 is 2.00 bits per heavy atom. The molecule has 1 atom stereocenters. The molecule has 3 rings (SSSR count). The molecule has 150 valence electrons. The summed E-state index contributed by atoms with van der Waals surface area (Å²) in [4.78, 5) is 16.5. The van der Waals surface area contributed by atoms with Crippen LogP contribution >= 0.6 is 0 Å². The van der Waals surface area contributed by atoms with Crippen molar-refractivity contribution in [3.05, 3.63) is 35.4 Å². The molecule has 7 heteroatoms. The number of aliphatic hydroxyl groups is 1. The highest BCUT2D eigenvalue weighted by molar-refractivity contribution is 5.86. The number of amides is 1. The van der Waals surface area contributed by atoms with E-state index in [1.165, 1.54) is 17.0 Å². The number of hydrogen-bond donors (Lipinski definition) is 1. The number of halogens is 2. The molecule has 1 aromatic rings. The van der Waals surface area contributed by atoms with E-state index in [2.05, 4.69) is 4.90 Å². The van der Waals surface area contributed by atoms with Crippen LogP contribution in [0.3, 0.4) is 0 Å². The summed E-state index contributed by atoms with van der Waals surface area (Å²) in [5.74, 6) is -1.72. The molecule has 2 heterocycles. The largest absolute Gasteiger partial charge is 0.384 e. The van der Waals surface area contributed by atoms with Crippen molar-refractivity contribution in [3.63, 3.8) is 0 Å². The maximum atomic E-state index is 14.0. The summed E-state index contributed by atoms with van der Waals surface area (Å²) in [5, 5.41) is 11.0. The highest BCUT2D eigenvalue weighted by atomic mass is 19.2. The lowest BCUT2D eigenvalue weighted by Gasteiger charge is -2.42. The van der Waals surface area contributed by atoms with Crippen LogP contribution in [0.2, 0.25) is 0 Å². The normalized spacial score (nSPS) is 25.2. The minimum absolute atomic E-state index is 0.0271. The van der Waals surface area contributed by atoms with Crippen molar-refractivity contribution >= 4 is 5.91 Å². The molecule has 0 bridgehead atoms. The summed E-state index contributed by atoms with van der Waals surface area (Å²) < 4.78 is 32.6. The second-order valence-electron chi connectivity index (χ2n) is 7.75. The zero-order chi connectivity index (χ0) is 19.4. The predicted molar refractivity (Wildman–Crippen MR) is 97.0 cm³/mol. The first-order valence-electron chi connectivity index (χ1n) is 9.59. The van der Waals surface area contributed by atoms with Crippen molar-refractivity contribution in [2.24, 2.45) is 5.92 Å². The number of rotatable bonds is 6. The average molecular weight is 382 g/mol. The molecule has 1 aromatic carbocycles. The first kappa shape index (κ1) is 20.2. The molecule has 5 nitrogen and oxygen atoms in total. The minimum atomic E-state index is -1.46. The lowest BCUT2D eigenvalue weighted by atomic mass is 9.89. The van der Waals surface area contributed by atoms with Crippen LogP contribution in [0, 0.1) is 17.6 Å². The average Bonchev–Trinajstić information content (AvgIpc) is 2.65. The van der Waals surface area contributed by atoms with Gasteiger partial charge in [-0.25, -0.2) is 8.78 Å². The van der Waals surface area contributed by atoms with Crippen molar-refractivity contribution < 1.29 is 23.4 Å². The van der Waals surface area contributed by atoms with Crippen LogP contribution in [0.15, 0.2) is 18.2 Å². The smallest absolute Gasteiger partial charge is 0.256 e. The minimum Gasteiger partial charge on any atom is -0.384 e. The van der Waals surface area contributed by atoms with Crippen molar-refractivity contribution in [1.82, 2.24) is 9.80 Å². The number of piperidine rings is 2. The van der Waals surface area contributed by atoms with Gasteiger partial charge in [0.15, 0.2) is 17.2 Å². The van der Waals surface area contributed by atoms with E-state index in [0.717, 1.165) is 38.6 Å². The number of carbonyl (C=O) groups is 1. The Kier molecular flexibility index (Phi) is 6.44. The maximum absolute atomic E-state index is 14.0. The summed E-state index contributed by atoms with van der Waals surface area (Å²) in [6.45, 7) is 3.08. The Balaban J connectivity index is 1.62. The highest BCUT2D eigenvalue weighted by Crippen LogP contribution is 2.28. The fraction of sp³-hybridized carbons (Fsp3) is 0.650. The summed E-state index contributed by atoms with van der Waals surface area (Å²) in [7, 11) is 1.70. The van der Waals surface area contributed by atoms with Crippen LogP contribution in [0.1, 0.15) is 31.2 Å². The molecular weight excluding hydrogens is 354 g/mol. The Labute approximate surface area is 158 Å². The van der Waals surface area contributed by atoms with Gasteiger partial charge in [-0.15, -0.1) is 0 Å². The fourth-order valence-electron chi connectivity index (χ4n) is 4.16. The second-order valence-corrected chi connectivity index (χ2v) is 7.75. The van der Waals surface area contributed by atoms with Gasteiger partial charge in [0.05, 0.1) is 0 Å². The quantitative estimate of drug-likeness (QED) is 0.819. The molecule has 0 spiro atoms. The van der Waals surface area contributed by atoms with Crippen LogP contribution in [0.25, 0.3) is 0 Å². The molecule has 2 fully saturated rings. The Bertz CT molecular complexity index is 665. The summed E-state index contributed by atoms with van der Waals surface area (Å²) >= 11 is 0. The Hall–Kier alpha value is -1.57. The number of likely N-dealkylation sites (tertiary alicyclic amines) is 2. The monoisotopic (exact) mass is 382 g/mol. The molecule has 2 aliphatic rings. The molecular formula is C20H28F2N2O3. The lowest BCUT2D eigenvalue weighted by Crippen LogP contribution is -2.59. The van der Waals surface area contributed by atoms with Gasteiger partial charge in [-0.05, 0) is 50.8 Å². The third-order valence-corrected chi connectivity index (χ3v) is 5.69. The number of carbonyl (C=O) groups excluding carboxylic acids is 1. The fourth-order valence-corrected chi connectivity index (χ4v) is 4.16. The van der Waals surface area contributed by atoms with E-state index >= 15 is 0 Å². The maximum Gasteiger partial charge on any atom is 0.256 e. The lowest BCUT2D eigenvalue weighted by molar-refractivity contribution is -0.160. The van der Waals surface area contributed by atoms with Crippen LogP contribution < -0.4 is 0 Å². The molecule has 0 aromatic heterocycles. The molecule has 0 radical (unpaired) electrons. The zero-order valence-corrected chi connectivity index (χ0v) is 15.8. The van der Waals surface area contributed by atoms with Gasteiger partial charge in [-0.1, -0.05) is 12.1 Å². The molecule has 1 unspecified atom stereocenters. The van der Waals surface area contributed by atoms with Gasteiger partial charge in [0.1, 0.15) is 0 Å². The van der Waals surface area contributed by atoms with Crippen molar-refractivity contribution in [3.8, 4) is 0 Å². The van der Waals surface area contributed by atoms with Gasteiger partial charge >= 0.3 is 0 Å². The molecule has 0 saturated carbocycles. The second kappa shape index (κ2) is 8.63. The number of hydrogen-bond acceptors (Lipinski definition) is 4. The Morgan fingerprint density at radius 3 is 2.70 bits per heavy atom. The van der Waals surface area contributed by atoms with Gasteiger partial charge in [0.25, 0.3) is 5.91 Å². The van der Waals surface area contributed by atoms with Crippen LogP contribution in [-0.4, -0.2) is 66.3 Å². The van der Waals surface area contributed by atoms with Crippen LogP contribution in [-0.2, 0) is 16.1 Å². The first-order chi connectivity index (χ1) is 12.9.